The van der Waals surface area contributed by atoms with Crippen molar-refractivity contribution in [2.24, 2.45) is 11.8 Å². The summed E-state index contributed by atoms with van der Waals surface area (Å²) < 4.78 is 0. The molecule has 0 saturated heterocycles. The van der Waals surface area contributed by atoms with Gasteiger partial charge in [0.05, 0.1) is 4.92 Å². The summed E-state index contributed by atoms with van der Waals surface area (Å²) in [4.78, 5) is 22.4. The van der Waals surface area contributed by atoms with E-state index >= 15 is 0 Å². The van der Waals surface area contributed by atoms with Crippen LogP contribution in [0.5, 0.6) is 0 Å². The Morgan fingerprint density at radius 2 is 2.09 bits per heavy atom. The van der Waals surface area contributed by atoms with Gasteiger partial charge in [-0.25, -0.2) is 0 Å². The van der Waals surface area contributed by atoms with E-state index in [1.807, 2.05) is 0 Å². The molecule has 1 aromatic carbocycles. The molecule has 0 aliphatic rings. The van der Waals surface area contributed by atoms with Crippen molar-refractivity contribution in [3.63, 3.8) is 0 Å². The van der Waals surface area contributed by atoms with E-state index in [0.717, 1.165) is 6.42 Å². The summed E-state index contributed by atoms with van der Waals surface area (Å²) in [5.74, 6) is 0.480. The number of hydrogen-bond donors (Lipinski definition) is 2. The number of carbonyl (C=O) groups excluding carboxylic acids is 1. The number of nitro benzene ring substituents is 1. The van der Waals surface area contributed by atoms with E-state index < -0.39 is 4.92 Å². The van der Waals surface area contributed by atoms with Gasteiger partial charge in [-0.05, 0) is 43.7 Å². The predicted octanol–water partition coefficient (Wildman–Crippen LogP) is 2.68. The van der Waals surface area contributed by atoms with Crippen LogP contribution in [0.3, 0.4) is 0 Å². The Morgan fingerprint density at radius 1 is 1.41 bits per heavy atom. The van der Waals surface area contributed by atoms with Gasteiger partial charge < -0.3 is 10.4 Å². The first-order chi connectivity index (χ1) is 10.3. The van der Waals surface area contributed by atoms with E-state index in [1.54, 1.807) is 6.92 Å². The lowest BCUT2D eigenvalue weighted by Crippen LogP contribution is -2.30. The lowest BCUT2D eigenvalue weighted by Gasteiger charge is -2.18. The van der Waals surface area contributed by atoms with Crippen LogP contribution in [0.4, 0.5) is 5.69 Å². The number of benzene rings is 1. The molecule has 122 valence electrons. The lowest BCUT2D eigenvalue weighted by molar-refractivity contribution is -0.385. The molecule has 1 atom stereocenters. The Kier molecular flexibility index (Phi) is 6.98. The van der Waals surface area contributed by atoms with Crippen LogP contribution in [0.1, 0.15) is 42.6 Å². The quantitative estimate of drug-likeness (QED) is 0.570. The summed E-state index contributed by atoms with van der Waals surface area (Å²) in [6.45, 7) is 6.41. The highest BCUT2D eigenvalue weighted by atomic mass is 16.6. The van der Waals surface area contributed by atoms with Gasteiger partial charge in [0, 0.05) is 30.3 Å². The molecule has 6 heteroatoms. The predicted molar refractivity (Wildman–Crippen MR) is 84.8 cm³/mol. The first kappa shape index (κ1) is 18.1. The largest absolute Gasteiger partial charge is 0.396 e. The van der Waals surface area contributed by atoms with E-state index in [-0.39, 0.29) is 24.1 Å². The van der Waals surface area contributed by atoms with Crippen LogP contribution in [-0.4, -0.2) is 29.1 Å². The van der Waals surface area contributed by atoms with Crippen molar-refractivity contribution in [2.75, 3.05) is 13.2 Å². The molecule has 1 aromatic rings. The average Bonchev–Trinajstić information content (AvgIpc) is 2.43. The first-order valence-electron chi connectivity index (χ1n) is 7.49. The smallest absolute Gasteiger partial charge is 0.272 e. The number of nitrogens with one attached hydrogen (secondary N) is 1. The summed E-state index contributed by atoms with van der Waals surface area (Å²) in [5, 5.41) is 22.7. The molecule has 0 radical (unpaired) electrons. The van der Waals surface area contributed by atoms with Crippen molar-refractivity contribution < 1.29 is 14.8 Å². The Labute approximate surface area is 130 Å². The van der Waals surface area contributed by atoms with Crippen LogP contribution < -0.4 is 5.32 Å². The van der Waals surface area contributed by atoms with Crippen LogP contribution in [0, 0.1) is 28.9 Å². The molecule has 2 N–H and O–H groups in total. The lowest BCUT2D eigenvalue weighted by atomic mass is 9.94. The van der Waals surface area contributed by atoms with Crippen molar-refractivity contribution in [2.45, 2.75) is 33.6 Å². The number of aliphatic hydroxyl groups excluding tert-OH is 1. The number of aliphatic hydroxyl groups is 1. The summed E-state index contributed by atoms with van der Waals surface area (Å²) in [6, 6.07) is 4.34. The molecule has 1 unspecified atom stereocenters. The van der Waals surface area contributed by atoms with Gasteiger partial charge in [-0.1, -0.05) is 13.8 Å². The topological polar surface area (TPSA) is 92.5 Å². The van der Waals surface area contributed by atoms with Gasteiger partial charge in [-0.3, -0.25) is 14.9 Å². The second kappa shape index (κ2) is 8.48. The highest BCUT2D eigenvalue weighted by Gasteiger charge is 2.16. The maximum Gasteiger partial charge on any atom is 0.272 e. The van der Waals surface area contributed by atoms with Crippen LogP contribution in [0.15, 0.2) is 18.2 Å². The van der Waals surface area contributed by atoms with E-state index in [0.29, 0.717) is 30.0 Å². The Morgan fingerprint density at radius 3 is 2.59 bits per heavy atom. The Hall–Kier alpha value is -1.95. The number of aryl methyl sites for hydroxylation is 1. The normalized spacial score (nSPS) is 12.2. The summed E-state index contributed by atoms with van der Waals surface area (Å²) in [5.41, 5.74) is 0.886. The molecule has 1 amide bonds. The van der Waals surface area contributed by atoms with Crippen molar-refractivity contribution in [1.82, 2.24) is 5.32 Å². The van der Waals surface area contributed by atoms with Crippen LogP contribution in [-0.2, 0) is 0 Å². The van der Waals surface area contributed by atoms with Crippen molar-refractivity contribution >= 4 is 11.6 Å². The average molecular weight is 308 g/mol. The minimum Gasteiger partial charge on any atom is -0.396 e. The molecule has 0 aliphatic heterocycles. The monoisotopic (exact) mass is 308 g/mol. The zero-order valence-corrected chi connectivity index (χ0v) is 13.3. The van der Waals surface area contributed by atoms with Crippen molar-refractivity contribution in [3.8, 4) is 0 Å². The number of nitrogens with zero attached hydrogens (tertiary/aromatic N) is 1. The third kappa shape index (κ3) is 5.44. The maximum atomic E-state index is 12.1. The number of amides is 1. The van der Waals surface area contributed by atoms with E-state index in [4.69, 9.17) is 5.11 Å². The maximum absolute atomic E-state index is 12.1. The fraction of sp³-hybridized carbons (Fsp3) is 0.562. The second-order valence-corrected chi connectivity index (χ2v) is 5.98. The van der Waals surface area contributed by atoms with Gasteiger partial charge >= 0.3 is 0 Å². The first-order valence-corrected chi connectivity index (χ1v) is 7.49. The van der Waals surface area contributed by atoms with Gasteiger partial charge in [0.2, 0.25) is 0 Å². The molecule has 1 rings (SSSR count). The molecule has 0 fully saturated rings. The molecule has 0 spiro atoms. The highest BCUT2D eigenvalue weighted by Crippen LogP contribution is 2.19. The number of nitro groups is 1. The van der Waals surface area contributed by atoms with Gasteiger partial charge in [0.25, 0.3) is 11.6 Å². The molecular formula is C16H24N2O4. The molecule has 0 saturated carbocycles. The minimum atomic E-state index is -0.461. The standard InChI is InChI=1S/C16H24N2O4/c1-11(2)8-13(6-7-19)10-17-16(20)14-4-5-15(18(21)22)12(3)9-14/h4-5,9,11,13,19H,6-8,10H2,1-3H3,(H,17,20). The van der Waals surface area contributed by atoms with E-state index in [2.05, 4.69) is 19.2 Å². The number of carbonyl (C=O) groups is 1. The molecule has 0 bridgehead atoms. The Balaban J connectivity index is 2.68. The molecule has 6 nitrogen and oxygen atoms in total. The molecular weight excluding hydrogens is 284 g/mol. The van der Waals surface area contributed by atoms with Crippen molar-refractivity contribution in [1.29, 1.82) is 0 Å². The molecule has 0 aromatic heterocycles. The SMILES string of the molecule is Cc1cc(C(=O)NCC(CCO)CC(C)C)ccc1[N+](=O)[O-]. The Bertz CT molecular complexity index is 529. The molecule has 22 heavy (non-hydrogen) atoms. The summed E-state index contributed by atoms with van der Waals surface area (Å²) in [6.07, 6.45) is 1.58. The van der Waals surface area contributed by atoms with Gasteiger partial charge in [0.1, 0.15) is 0 Å². The fourth-order valence-electron chi connectivity index (χ4n) is 2.49. The van der Waals surface area contributed by atoms with Crippen LogP contribution in [0.2, 0.25) is 0 Å². The number of hydrogen-bond acceptors (Lipinski definition) is 4. The van der Waals surface area contributed by atoms with E-state index in [1.165, 1.54) is 18.2 Å². The van der Waals surface area contributed by atoms with Crippen LogP contribution >= 0.6 is 0 Å². The third-order valence-electron chi connectivity index (χ3n) is 3.55. The van der Waals surface area contributed by atoms with Gasteiger partial charge in [-0.2, -0.15) is 0 Å². The van der Waals surface area contributed by atoms with Gasteiger partial charge in [-0.15, -0.1) is 0 Å². The second-order valence-electron chi connectivity index (χ2n) is 5.98. The zero-order valence-electron chi connectivity index (χ0n) is 13.3. The highest BCUT2D eigenvalue weighted by molar-refractivity contribution is 5.94. The molecule has 0 aliphatic carbocycles. The van der Waals surface area contributed by atoms with E-state index in [9.17, 15) is 14.9 Å². The fourth-order valence-corrected chi connectivity index (χ4v) is 2.49. The summed E-state index contributed by atoms with van der Waals surface area (Å²) in [7, 11) is 0. The van der Waals surface area contributed by atoms with Gasteiger partial charge in [0.15, 0.2) is 0 Å². The molecule has 0 heterocycles. The summed E-state index contributed by atoms with van der Waals surface area (Å²) >= 11 is 0. The van der Waals surface area contributed by atoms with Crippen LogP contribution in [0.25, 0.3) is 0 Å². The zero-order chi connectivity index (χ0) is 16.7. The van der Waals surface area contributed by atoms with Crippen molar-refractivity contribution in [3.05, 3.63) is 39.4 Å². The third-order valence-corrected chi connectivity index (χ3v) is 3.55. The minimum absolute atomic E-state index is 0.00881. The number of rotatable bonds is 8.